The van der Waals surface area contributed by atoms with Gasteiger partial charge in [0.25, 0.3) is 5.91 Å². The van der Waals surface area contributed by atoms with E-state index in [0.29, 0.717) is 15.4 Å². The van der Waals surface area contributed by atoms with E-state index >= 15 is 0 Å². The van der Waals surface area contributed by atoms with Crippen LogP contribution in [0.15, 0.2) is 83.9 Å². The second-order valence-electron chi connectivity index (χ2n) is 6.73. The molecule has 4 rings (SSSR count). The van der Waals surface area contributed by atoms with Crippen LogP contribution in [0.1, 0.15) is 15.9 Å². The van der Waals surface area contributed by atoms with Gasteiger partial charge in [-0.05, 0) is 41.8 Å². The number of hydrogen-bond donors (Lipinski definition) is 0. The molecule has 0 aliphatic carbocycles. The highest BCUT2D eigenvalue weighted by atomic mass is 35.5. The van der Waals surface area contributed by atoms with E-state index in [-0.39, 0.29) is 5.91 Å². The second-order valence-corrected chi connectivity index (χ2v) is 8.14. The van der Waals surface area contributed by atoms with Crippen molar-refractivity contribution in [1.82, 2.24) is 4.57 Å². The average Bonchev–Trinajstić information content (AvgIpc) is 3.06. The number of carbonyl (C=O) groups excluding carboxylic acids is 1. The van der Waals surface area contributed by atoms with Crippen molar-refractivity contribution in [2.24, 2.45) is 12.0 Å². The standard InChI is InChI=1S/C24H19ClN2OS/c1-16-8-6-7-11-20(16)23(28)26-24-27(2)21(17-12-14-19(25)15-13-17)22(29-24)18-9-4-3-5-10-18/h3-15H,1-2H3. The topological polar surface area (TPSA) is 34.4 Å². The lowest BCUT2D eigenvalue weighted by atomic mass is 10.1. The van der Waals surface area contributed by atoms with Crippen LogP contribution in [0.5, 0.6) is 0 Å². The number of aryl methyl sites for hydroxylation is 1. The van der Waals surface area contributed by atoms with Crippen LogP contribution in [0.3, 0.4) is 0 Å². The molecule has 1 aromatic heterocycles. The first-order chi connectivity index (χ1) is 14.0. The molecule has 0 atom stereocenters. The van der Waals surface area contributed by atoms with Crippen molar-refractivity contribution in [1.29, 1.82) is 0 Å². The Hall–Kier alpha value is -2.95. The van der Waals surface area contributed by atoms with E-state index < -0.39 is 0 Å². The van der Waals surface area contributed by atoms with Gasteiger partial charge in [-0.1, -0.05) is 83.6 Å². The molecule has 0 aliphatic heterocycles. The maximum atomic E-state index is 12.8. The van der Waals surface area contributed by atoms with Crippen LogP contribution in [-0.4, -0.2) is 10.5 Å². The maximum Gasteiger partial charge on any atom is 0.279 e. The predicted octanol–water partition coefficient (Wildman–Crippen LogP) is 6.12. The smallest absolute Gasteiger partial charge is 0.279 e. The minimum atomic E-state index is -0.234. The van der Waals surface area contributed by atoms with Gasteiger partial charge in [-0.3, -0.25) is 4.79 Å². The molecule has 5 heteroatoms. The summed E-state index contributed by atoms with van der Waals surface area (Å²) in [6.45, 7) is 1.92. The SMILES string of the molecule is Cc1ccccc1C(=O)N=c1sc(-c2ccccc2)c(-c2ccc(Cl)cc2)n1C. The number of thiazole rings is 1. The van der Waals surface area contributed by atoms with Gasteiger partial charge in [0.15, 0.2) is 4.80 Å². The van der Waals surface area contributed by atoms with E-state index in [4.69, 9.17) is 11.6 Å². The lowest BCUT2D eigenvalue weighted by Crippen LogP contribution is -2.14. The molecule has 0 spiro atoms. The van der Waals surface area contributed by atoms with Crippen LogP contribution in [0.2, 0.25) is 5.02 Å². The minimum Gasteiger partial charge on any atom is -0.319 e. The monoisotopic (exact) mass is 418 g/mol. The highest BCUT2D eigenvalue weighted by Gasteiger charge is 2.16. The van der Waals surface area contributed by atoms with Crippen LogP contribution in [0.25, 0.3) is 21.7 Å². The van der Waals surface area contributed by atoms with E-state index in [9.17, 15) is 4.79 Å². The van der Waals surface area contributed by atoms with Gasteiger partial charge in [0.05, 0.1) is 10.6 Å². The van der Waals surface area contributed by atoms with Crippen molar-refractivity contribution in [3.05, 3.63) is 99.8 Å². The third-order valence-electron chi connectivity index (χ3n) is 4.76. The lowest BCUT2D eigenvalue weighted by Gasteiger charge is -2.07. The van der Waals surface area contributed by atoms with Crippen molar-refractivity contribution in [2.75, 3.05) is 0 Å². The van der Waals surface area contributed by atoms with E-state index in [1.165, 1.54) is 11.3 Å². The lowest BCUT2D eigenvalue weighted by molar-refractivity contribution is 0.0997. The molecule has 0 saturated carbocycles. The van der Waals surface area contributed by atoms with Crippen LogP contribution < -0.4 is 4.80 Å². The summed E-state index contributed by atoms with van der Waals surface area (Å²) >= 11 is 7.59. The molecule has 1 amide bonds. The fraction of sp³-hybridized carbons (Fsp3) is 0.0833. The summed E-state index contributed by atoms with van der Waals surface area (Å²) in [5.41, 5.74) is 4.66. The zero-order chi connectivity index (χ0) is 20.4. The van der Waals surface area contributed by atoms with Crippen molar-refractivity contribution in [3.63, 3.8) is 0 Å². The Kier molecular flexibility index (Phi) is 5.47. The second kappa shape index (κ2) is 8.19. The molecule has 0 fully saturated rings. The Morgan fingerprint density at radius 2 is 1.55 bits per heavy atom. The summed E-state index contributed by atoms with van der Waals surface area (Å²) < 4.78 is 1.98. The van der Waals surface area contributed by atoms with Gasteiger partial charge in [0.1, 0.15) is 0 Å². The normalized spacial score (nSPS) is 11.6. The number of hydrogen-bond acceptors (Lipinski definition) is 2. The van der Waals surface area contributed by atoms with Crippen LogP contribution in [0.4, 0.5) is 0 Å². The summed E-state index contributed by atoms with van der Waals surface area (Å²) in [5.74, 6) is -0.234. The van der Waals surface area contributed by atoms with E-state index in [1.54, 1.807) is 0 Å². The first-order valence-electron chi connectivity index (χ1n) is 9.20. The molecule has 0 unspecified atom stereocenters. The molecule has 0 N–H and O–H groups in total. The molecule has 144 valence electrons. The summed E-state index contributed by atoms with van der Waals surface area (Å²) in [5, 5.41) is 0.688. The number of nitrogens with zero attached hydrogens (tertiary/aromatic N) is 2. The van der Waals surface area contributed by atoms with Crippen LogP contribution >= 0.6 is 22.9 Å². The number of rotatable bonds is 3. The number of benzene rings is 3. The van der Waals surface area contributed by atoms with Crippen molar-refractivity contribution in [3.8, 4) is 21.7 Å². The third kappa shape index (κ3) is 3.95. The van der Waals surface area contributed by atoms with Crippen molar-refractivity contribution < 1.29 is 4.79 Å². The molecule has 0 radical (unpaired) electrons. The highest BCUT2D eigenvalue weighted by Crippen LogP contribution is 2.34. The number of amides is 1. The molecule has 0 bridgehead atoms. The van der Waals surface area contributed by atoms with Crippen LogP contribution in [-0.2, 0) is 7.05 Å². The molecule has 3 aromatic carbocycles. The summed E-state index contributed by atoms with van der Waals surface area (Å²) in [6.07, 6.45) is 0. The Balaban J connectivity index is 1.92. The molecular weight excluding hydrogens is 400 g/mol. The van der Waals surface area contributed by atoms with E-state index in [1.807, 2.05) is 85.3 Å². The van der Waals surface area contributed by atoms with Crippen molar-refractivity contribution >= 4 is 28.8 Å². The third-order valence-corrected chi connectivity index (χ3v) is 6.19. The fourth-order valence-corrected chi connectivity index (χ4v) is 4.50. The molecule has 29 heavy (non-hydrogen) atoms. The molecule has 4 aromatic rings. The molecule has 1 heterocycles. The number of carbonyl (C=O) groups is 1. The summed E-state index contributed by atoms with van der Waals surface area (Å²) in [6, 6.07) is 25.4. The van der Waals surface area contributed by atoms with Gasteiger partial charge in [-0.25, -0.2) is 0 Å². The highest BCUT2D eigenvalue weighted by molar-refractivity contribution is 7.13. The minimum absolute atomic E-state index is 0.234. The molecular formula is C24H19ClN2OS. The average molecular weight is 419 g/mol. The van der Waals surface area contributed by atoms with Gasteiger partial charge in [-0.15, -0.1) is 0 Å². The molecule has 3 nitrogen and oxygen atoms in total. The maximum absolute atomic E-state index is 12.8. The van der Waals surface area contributed by atoms with E-state index in [0.717, 1.165) is 27.3 Å². The zero-order valence-electron chi connectivity index (χ0n) is 16.1. The summed E-state index contributed by atoms with van der Waals surface area (Å²) in [4.78, 5) is 19.0. The Labute approximate surface area is 178 Å². The molecule has 0 aliphatic rings. The van der Waals surface area contributed by atoms with Gasteiger partial charge >= 0.3 is 0 Å². The Morgan fingerprint density at radius 3 is 2.24 bits per heavy atom. The Bertz CT molecular complexity index is 1240. The van der Waals surface area contributed by atoms with Gasteiger partial charge in [0.2, 0.25) is 0 Å². The quantitative estimate of drug-likeness (QED) is 0.394. The molecule has 0 saturated heterocycles. The van der Waals surface area contributed by atoms with Gasteiger partial charge < -0.3 is 4.57 Å². The largest absolute Gasteiger partial charge is 0.319 e. The number of aromatic nitrogens is 1. The van der Waals surface area contributed by atoms with Gasteiger partial charge in [-0.2, -0.15) is 4.99 Å². The zero-order valence-corrected chi connectivity index (χ0v) is 17.7. The van der Waals surface area contributed by atoms with Gasteiger partial charge in [0, 0.05) is 17.6 Å². The fourth-order valence-electron chi connectivity index (χ4n) is 3.23. The summed E-state index contributed by atoms with van der Waals surface area (Å²) in [7, 11) is 1.94. The van der Waals surface area contributed by atoms with Crippen molar-refractivity contribution in [2.45, 2.75) is 6.92 Å². The first kappa shape index (κ1) is 19.4. The predicted molar refractivity (Wildman–Crippen MR) is 120 cm³/mol. The van der Waals surface area contributed by atoms with E-state index in [2.05, 4.69) is 17.1 Å². The first-order valence-corrected chi connectivity index (χ1v) is 10.4. The van der Waals surface area contributed by atoms with Crippen LogP contribution in [0, 0.1) is 6.92 Å². The Morgan fingerprint density at radius 1 is 0.897 bits per heavy atom. The number of halogens is 1.